The maximum Gasteiger partial charge on any atom is 0.340 e. The Hall–Kier alpha value is -4.69. The van der Waals surface area contributed by atoms with Gasteiger partial charge in [0.1, 0.15) is 4.90 Å². The minimum absolute atomic E-state index is 0.0154. The average molecular weight is 494 g/mol. The highest BCUT2D eigenvalue weighted by Crippen LogP contribution is 2.36. The van der Waals surface area contributed by atoms with E-state index in [1.807, 2.05) is 0 Å². The summed E-state index contributed by atoms with van der Waals surface area (Å²) in [5.74, 6) is -2.43. The zero-order valence-electron chi connectivity index (χ0n) is 18.3. The van der Waals surface area contributed by atoms with E-state index in [0.717, 1.165) is 0 Å². The molecule has 2 aliphatic rings. The maximum absolute atomic E-state index is 13.5. The number of carbonyl (C=O) groups is 4. The Bertz CT molecular complexity index is 1800. The predicted molar refractivity (Wildman–Crippen MR) is 127 cm³/mol. The summed E-state index contributed by atoms with van der Waals surface area (Å²) in [6.45, 7) is 0. The molecule has 36 heavy (non-hydrogen) atoms. The minimum atomic E-state index is -4.70. The van der Waals surface area contributed by atoms with E-state index in [2.05, 4.69) is 0 Å². The van der Waals surface area contributed by atoms with Crippen molar-refractivity contribution in [3.8, 4) is 5.75 Å². The monoisotopic (exact) mass is 494 g/mol. The molecule has 0 amide bonds. The number of fused-ring (bicyclic) bond motifs is 4. The summed E-state index contributed by atoms with van der Waals surface area (Å²) < 4.78 is 32.3. The van der Waals surface area contributed by atoms with Gasteiger partial charge in [-0.3, -0.25) is 19.2 Å². The van der Waals surface area contributed by atoms with Crippen molar-refractivity contribution in [2.24, 2.45) is 0 Å². The number of hydrogen-bond acceptors (Lipinski definition) is 7. The first-order valence-electron chi connectivity index (χ1n) is 10.9. The quantitative estimate of drug-likeness (QED) is 0.342. The number of rotatable bonds is 3. The lowest BCUT2D eigenvalue weighted by Crippen LogP contribution is -2.26. The maximum atomic E-state index is 13.5. The lowest BCUT2D eigenvalue weighted by atomic mass is 9.84. The molecule has 0 atom stereocenters. The lowest BCUT2D eigenvalue weighted by Gasteiger charge is -2.22. The number of hydrogen-bond donors (Lipinski definition) is 0. The van der Waals surface area contributed by atoms with Gasteiger partial charge in [0.2, 0.25) is 0 Å². The normalized spacial score (nSPS) is 14.0. The van der Waals surface area contributed by atoms with Gasteiger partial charge in [0, 0.05) is 33.4 Å². The summed E-state index contributed by atoms with van der Waals surface area (Å²) >= 11 is 0. The van der Waals surface area contributed by atoms with Crippen molar-refractivity contribution in [3.05, 3.63) is 129 Å². The molecule has 0 unspecified atom stereocenters. The van der Waals surface area contributed by atoms with Crippen LogP contribution < -0.4 is 4.18 Å². The molecule has 0 bridgehead atoms. The van der Waals surface area contributed by atoms with E-state index in [-0.39, 0.29) is 50.3 Å². The minimum Gasteiger partial charge on any atom is -0.378 e. The van der Waals surface area contributed by atoms with E-state index >= 15 is 0 Å². The first kappa shape index (κ1) is 21.8. The molecule has 0 heterocycles. The number of benzene rings is 4. The van der Waals surface area contributed by atoms with Gasteiger partial charge in [-0.25, -0.2) is 0 Å². The van der Waals surface area contributed by atoms with E-state index in [4.69, 9.17) is 4.18 Å². The van der Waals surface area contributed by atoms with Gasteiger partial charge in [-0.15, -0.1) is 0 Å². The van der Waals surface area contributed by atoms with E-state index in [1.165, 1.54) is 60.7 Å². The molecule has 2 aliphatic carbocycles. The molecule has 4 aromatic rings. The molecule has 0 aliphatic heterocycles. The fraction of sp³-hybridized carbons (Fsp3) is 0. The summed E-state index contributed by atoms with van der Waals surface area (Å²) in [5, 5.41) is 0. The molecule has 174 valence electrons. The van der Waals surface area contributed by atoms with Crippen LogP contribution in [0.4, 0.5) is 0 Å². The Morgan fingerprint density at radius 1 is 0.444 bits per heavy atom. The van der Waals surface area contributed by atoms with Gasteiger partial charge in [-0.2, -0.15) is 8.42 Å². The number of carbonyl (C=O) groups excluding carboxylic acids is 4. The van der Waals surface area contributed by atoms with Crippen LogP contribution in [0, 0.1) is 0 Å². The van der Waals surface area contributed by atoms with Crippen molar-refractivity contribution in [2.75, 3.05) is 0 Å². The molecule has 0 saturated heterocycles. The van der Waals surface area contributed by atoms with Crippen LogP contribution in [0.25, 0.3) is 0 Å². The predicted octanol–water partition coefficient (Wildman–Crippen LogP) is 4.01. The zero-order chi connectivity index (χ0) is 25.2. The number of ketones is 4. The third-order valence-corrected chi connectivity index (χ3v) is 7.58. The summed E-state index contributed by atoms with van der Waals surface area (Å²) in [4.78, 5) is 52.0. The van der Waals surface area contributed by atoms with Crippen molar-refractivity contribution < 1.29 is 31.8 Å². The molecule has 0 spiro atoms. The van der Waals surface area contributed by atoms with Gasteiger partial charge >= 0.3 is 10.1 Å². The van der Waals surface area contributed by atoms with Crippen molar-refractivity contribution in [1.82, 2.24) is 0 Å². The van der Waals surface area contributed by atoms with Gasteiger partial charge in [0.15, 0.2) is 28.9 Å². The van der Waals surface area contributed by atoms with E-state index in [1.54, 1.807) is 24.3 Å². The molecule has 0 fully saturated rings. The van der Waals surface area contributed by atoms with Crippen LogP contribution in [-0.2, 0) is 10.1 Å². The summed E-state index contributed by atoms with van der Waals surface area (Å²) in [6.07, 6.45) is 0. The van der Waals surface area contributed by atoms with Crippen LogP contribution in [0.2, 0.25) is 0 Å². The van der Waals surface area contributed by atoms with E-state index < -0.39 is 38.1 Å². The molecule has 0 radical (unpaired) electrons. The van der Waals surface area contributed by atoms with Crippen LogP contribution in [0.1, 0.15) is 63.7 Å². The first-order valence-corrected chi connectivity index (χ1v) is 12.3. The fourth-order valence-corrected chi connectivity index (χ4v) is 5.83. The second-order valence-corrected chi connectivity index (χ2v) is 9.82. The van der Waals surface area contributed by atoms with Crippen LogP contribution in [0.3, 0.4) is 0 Å². The Morgan fingerprint density at radius 2 is 0.861 bits per heavy atom. The van der Waals surface area contributed by atoms with Gasteiger partial charge < -0.3 is 4.18 Å². The smallest absolute Gasteiger partial charge is 0.340 e. The molecular formula is C28H14O7S. The van der Waals surface area contributed by atoms with E-state index in [0.29, 0.717) is 0 Å². The van der Waals surface area contributed by atoms with Gasteiger partial charge in [-0.05, 0) is 12.1 Å². The second kappa shape index (κ2) is 7.66. The van der Waals surface area contributed by atoms with E-state index in [9.17, 15) is 27.6 Å². The van der Waals surface area contributed by atoms with Gasteiger partial charge in [0.05, 0.1) is 11.1 Å². The molecule has 0 aromatic heterocycles. The molecule has 0 N–H and O–H groups in total. The molecule has 6 rings (SSSR count). The molecular weight excluding hydrogens is 480 g/mol. The summed E-state index contributed by atoms with van der Waals surface area (Å²) in [5.41, 5.74) is 0.117. The SMILES string of the molecule is O=C1c2ccccc2C(=O)c2c(OS(=O)(=O)c3cccc4c3C(=O)c3ccccc3C4=O)cccc21. The Morgan fingerprint density at radius 3 is 1.42 bits per heavy atom. The Kier molecular flexibility index (Phi) is 4.64. The van der Waals surface area contributed by atoms with Crippen LogP contribution >= 0.6 is 0 Å². The highest BCUT2D eigenvalue weighted by molar-refractivity contribution is 7.87. The van der Waals surface area contributed by atoms with Crippen LogP contribution in [0.5, 0.6) is 5.75 Å². The van der Waals surface area contributed by atoms with Crippen LogP contribution in [-0.4, -0.2) is 31.6 Å². The van der Waals surface area contributed by atoms with Gasteiger partial charge in [-0.1, -0.05) is 72.8 Å². The van der Waals surface area contributed by atoms with Crippen molar-refractivity contribution in [1.29, 1.82) is 0 Å². The summed E-state index contributed by atoms with van der Waals surface area (Å²) in [6, 6.07) is 20.4. The third-order valence-electron chi connectivity index (χ3n) is 6.30. The van der Waals surface area contributed by atoms with Crippen molar-refractivity contribution in [3.63, 3.8) is 0 Å². The molecule has 7 nitrogen and oxygen atoms in total. The topological polar surface area (TPSA) is 112 Å². The summed E-state index contributed by atoms with van der Waals surface area (Å²) in [7, 11) is -4.70. The third kappa shape index (κ3) is 3.01. The lowest BCUT2D eigenvalue weighted by molar-refractivity contribution is 0.0976. The second-order valence-electron chi connectivity index (χ2n) is 8.30. The van der Waals surface area contributed by atoms with Crippen molar-refractivity contribution >= 4 is 33.3 Å². The molecule has 0 saturated carbocycles. The van der Waals surface area contributed by atoms with Gasteiger partial charge in [0.25, 0.3) is 0 Å². The highest BCUT2D eigenvalue weighted by Gasteiger charge is 2.37. The zero-order valence-corrected chi connectivity index (χ0v) is 19.2. The van der Waals surface area contributed by atoms with Crippen LogP contribution in [0.15, 0.2) is 89.8 Å². The molecule has 8 heteroatoms. The Labute approximate surface area is 205 Å². The van der Waals surface area contributed by atoms with Crippen molar-refractivity contribution in [2.45, 2.75) is 4.90 Å². The standard InChI is InChI=1S/C28H14O7S/c29-25-15-7-1-3-9-17(15)27(31)23-19(25)11-5-13-21(23)35-36(33,34)22-14-6-12-20-24(22)28(32)18-10-4-2-8-16(18)26(20)30/h1-14H. The highest BCUT2D eigenvalue weighted by atomic mass is 32.2. The molecule has 4 aromatic carbocycles. The first-order chi connectivity index (χ1) is 17.3. The fourth-order valence-electron chi connectivity index (χ4n) is 4.67. The Balaban J connectivity index is 1.48. The average Bonchev–Trinajstić information content (AvgIpc) is 2.89. The largest absolute Gasteiger partial charge is 0.378 e.